The van der Waals surface area contributed by atoms with Crippen molar-refractivity contribution in [1.82, 2.24) is 9.78 Å². The Morgan fingerprint density at radius 1 is 1.47 bits per heavy atom. The molecule has 0 aliphatic rings. The summed E-state index contributed by atoms with van der Waals surface area (Å²) in [6.45, 7) is 3.08. The van der Waals surface area contributed by atoms with Crippen molar-refractivity contribution in [3.63, 3.8) is 0 Å². The highest BCUT2D eigenvalue weighted by atomic mass is 35.5. The van der Waals surface area contributed by atoms with Gasteiger partial charge in [-0.05, 0) is 24.6 Å². The Morgan fingerprint density at radius 3 is 2.94 bits per heavy atom. The lowest BCUT2D eigenvalue weighted by Crippen LogP contribution is -1.96. The predicted octanol–water partition coefficient (Wildman–Crippen LogP) is 3.27. The molecular weight excluding hydrogens is 243 g/mol. The summed E-state index contributed by atoms with van der Waals surface area (Å²) in [5.41, 5.74) is 0.733. The van der Waals surface area contributed by atoms with E-state index in [1.54, 1.807) is 23.1 Å². The molecule has 0 bridgehead atoms. The average Bonchev–Trinajstić information content (AvgIpc) is 2.79. The molecule has 0 saturated heterocycles. The van der Waals surface area contributed by atoms with Crippen molar-refractivity contribution in [2.45, 2.75) is 20.1 Å². The van der Waals surface area contributed by atoms with Crippen LogP contribution in [-0.4, -0.2) is 9.78 Å². The van der Waals surface area contributed by atoms with E-state index in [1.165, 1.54) is 12.1 Å². The Hall–Kier alpha value is -1.55. The summed E-state index contributed by atoms with van der Waals surface area (Å²) in [5, 5.41) is 4.19. The summed E-state index contributed by atoms with van der Waals surface area (Å²) in [7, 11) is 0. The Balaban J connectivity index is 1.99. The van der Waals surface area contributed by atoms with Gasteiger partial charge < -0.3 is 4.74 Å². The zero-order valence-corrected chi connectivity index (χ0v) is 10.1. The summed E-state index contributed by atoms with van der Waals surface area (Å²) >= 11 is 5.59. The molecule has 0 spiro atoms. The van der Waals surface area contributed by atoms with Crippen LogP contribution in [0.5, 0.6) is 5.75 Å². The van der Waals surface area contributed by atoms with Crippen molar-refractivity contribution < 1.29 is 9.13 Å². The molecule has 3 nitrogen and oxygen atoms in total. The third-order valence-electron chi connectivity index (χ3n) is 2.32. The Labute approximate surface area is 104 Å². The number of rotatable bonds is 4. The van der Waals surface area contributed by atoms with Gasteiger partial charge in [-0.3, -0.25) is 4.68 Å². The maximum absolute atomic E-state index is 13.2. The van der Waals surface area contributed by atoms with Gasteiger partial charge in [0.15, 0.2) is 5.75 Å². The van der Waals surface area contributed by atoms with Crippen LogP contribution in [0.1, 0.15) is 12.5 Å². The van der Waals surface area contributed by atoms with Crippen LogP contribution in [0.4, 0.5) is 4.39 Å². The number of benzene rings is 1. The minimum Gasteiger partial charge on any atom is -0.486 e. The van der Waals surface area contributed by atoms with Crippen LogP contribution in [0.25, 0.3) is 0 Å². The van der Waals surface area contributed by atoms with E-state index in [0.29, 0.717) is 12.4 Å². The fraction of sp³-hybridized carbons (Fsp3) is 0.250. The molecule has 0 aliphatic carbocycles. The maximum atomic E-state index is 13.2. The van der Waals surface area contributed by atoms with Crippen LogP contribution in [0, 0.1) is 5.82 Å². The predicted molar refractivity (Wildman–Crippen MR) is 63.6 cm³/mol. The molecule has 2 rings (SSSR count). The number of hydrogen-bond acceptors (Lipinski definition) is 2. The first-order valence-corrected chi connectivity index (χ1v) is 5.66. The molecule has 1 heterocycles. The van der Waals surface area contributed by atoms with E-state index in [-0.39, 0.29) is 5.02 Å². The van der Waals surface area contributed by atoms with Crippen molar-refractivity contribution >= 4 is 11.6 Å². The SMILES string of the molecule is CCn1cc(OCc2ccc(Cl)c(F)c2)cn1. The quantitative estimate of drug-likeness (QED) is 0.837. The van der Waals surface area contributed by atoms with E-state index in [2.05, 4.69) is 5.10 Å². The first-order chi connectivity index (χ1) is 8.19. The second kappa shape index (κ2) is 5.19. The molecule has 0 atom stereocenters. The highest BCUT2D eigenvalue weighted by Crippen LogP contribution is 2.17. The highest BCUT2D eigenvalue weighted by molar-refractivity contribution is 6.30. The van der Waals surface area contributed by atoms with E-state index in [9.17, 15) is 4.39 Å². The summed E-state index contributed by atoms with van der Waals surface area (Å²) in [6, 6.07) is 4.62. The van der Waals surface area contributed by atoms with Crippen LogP contribution in [-0.2, 0) is 13.2 Å². The van der Waals surface area contributed by atoms with Gasteiger partial charge >= 0.3 is 0 Å². The van der Waals surface area contributed by atoms with Gasteiger partial charge in [0.2, 0.25) is 0 Å². The molecule has 2 aromatic rings. The maximum Gasteiger partial charge on any atom is 0.157 e. The zero-order chi connectivity index (χ0) is 12.3. The molecule has 0 N–H and O–H groups in total. The van der Waals surface area contributed by atoms with Crippen molar-refractivity contribution in [3.8, 4) is 5.75 Å². The first kappa shape index (κ1) is 11.9. The molecule has 1 aromatic heterocycles. The monoisotopic (exact) mass is 254 g/mol. The van der Waals surface area contributed by atoms with Crippen molar-refractivity contribution in [1.29, 1.82) is 0 Å². The van der Waals surface area contributed by atoms with E-state index < -0.39 is 5.82 Å². The minimum absolute atomic E-state index is 0.118. The Morgan fingerprint density at radius 2 is 2.29 bits per heavy atom. The molecule has 1 aromatic carbocycles. The van der Waals surface area contributed by atoms with E-state index in [0.717, 1.165) is 12.1 Å². The van der Waals surface area contributed by atoms with Crippen LogP contribution in [0.2, 0.25) is 5.02 Å². The van der Waals surface area contributed by atoms with Gasteiger partial charge in [-0.15, -0.1) is 0 Å². The van der Waals surface area contributed by atoms with Gasteiger partial charge in [-0.25, -0.2) is 4.39 Å². The topological polar surface area (TPSA) is 27.1 Å². The van der Waals surface area contributed by atoms with Crippen molar-refractivity contribution in [2.75, 3.05) is 0 Å². The molecule has 0 radical (unpaired) electrons. The highest BCUT2D eigenvalue weighted by Gasteiger charge is 2.03. The van der Waals surface area contributed by atoms with Crippen molar-refractivity contribution in [2.24, 2.45) is 0 Å². The number of ether oxygens (including phenoxy) is 1. The van der Waals surface area contributed by atoms with Crippen LogP contribution < -0.4 is 4.74 Å². The van der Waals surface area contributed by atoms with Gasteiger partial charge in [-0.2, -0.15) is 5.10 Å². The Bertz CT molecular complexity index is 513. The summed E-state index contributed by atoms with van der Waals surface area (Å²) < 4.78 is 20.4. The first-order valence-electron chi connectivity index (χ1n) is 5.28. The number of nitrogens with zero attached hydrogens (tertiary/aromatic N) is 2. The number of hydrogen-bond donors (Lipinski definition) is 0. The Kier molecular flexibility index (Phi) is 3.64. The van der Waals surface area contributed by atoms with E-state index >= 15 is 0 Å². The second-order valence-electron chi connectivity index (χ2n) is 3.57. The molecule has 0 unspecified atom stereocenters. The summed E-state index contributed by atoms with van der Waals surface area (Å²) in [4.78, 5) is 0. The van der Waals surface area contributed by atoms with Gasteiger partial charge in [0, 0.05) is 6.54 Å². The van der Waals surface area contributed by atoms with Crippen LogP contribution >= 0.6 is 11.6 Å². The molecule has 17 heavy (non-hydrogen) atoms. The number of aryl methyl sites for hydroxylation is 1. The molecule has 0 amide bonds. The number of aromatic nitrogens is 2. The summed E-state index contributed by atoms with van der Waals surface area (Å²) in [5.74, 6) is 0.235. The van der Waals surface area contributed by atoms with Gasteiger partial charge in [-0.1, -0.05) is 17.7 Å². The number of halogens is 2. The molecule has 0 saturated carbocycles. The fourth-order valence-electron chi connectivity index (χ4n) is 1.39. The van der Waals surface area contributed by atoms with Crippen LogP contribution in [0.15, 0.2) is 30.6 Å². The zero-order valence-electron chi connectivity index (χ0n) is 9.36. The third kappa shape index (κ3) is 2.97. The van der Waals surface area contributed by atoms with Gasteiger partial charge in [0.05, 0.1) is 17.4 Å². The van der Waals surface area contributed by atoms with Crippen LogP contribution in [0.3, 0.4) is 0 Å². The second-order valence-corrected chi connectivity index (χ2v) is 3.98. The molecule has 5 heteroatoms. The minimum atomic E-state index is -0.433. The lowest BCUT2D eigenvalue weighted by molar-refractivity contribution is 0.305. The van der Waals surface area contributed by atoms with Gasteiger partial charge in [0.25, 0.3) is 0 Å². The normalized spacial score (nSPS) is 10.5. The lowest BCUT2D eigenvalue weighted by atomic mass is 10.2. The molecule has 90 valence electrons. The molecular formula is C12H12ClFN2O. The average molecular weight is 255 g/mol. The fourth-order valence-corrected chi connectivity index (χ4v) is 1.51. The standard InChI is InChI=1S/C12H12ClFN2O/c1-2-16-7-10(6-15-16)17-8-9-3-4-11(13)12(14)5-9/h3-7H,2,8H2,1H3. The van der Waals surface area contributed by atoms with E-state index in [1.807, 2.05) is 6.92 Å². The molecule has 0 fully saturated rings. The van der Waals surface area contributed by atoms with E-state index in [4.69, 9.17) is 16.3 Å². The van der Waals surface area contributed by atoms with Crippen molar-refractivity contribution in [3.05, 3.63) is 47.0 Å². The lowest BCUT2D eigenvalue weighted by Gasteiger charge is -2.04. The third-order valence-corrected chi connectivity index (χ3v) is 2.63. The largest absolute Gasteiger partial charge is 0.486 e. The smallest absolute Gasteiger partial charge is 0.157 e. The molecule has 0 aliphatic heterocycles. The van der Waals surface area contributed by atoms with Gasteiger partial charge in [0.1, 0.15) is 12.4 Å². The summed E-state index contributed by atoms with van der Waals surface area (Å²) in [6.07, 6.45) is 3.43.